The molecule has 2 aromatic rings. The van der Waals surface area contributed by atoms with E-state index in [0.717, 1.165) is 5.75 Å². The zero-order chi connectivity index (χ0) is 20.1. The first kappa shape index (κ1) is 19.4. The first-order valence-corrected chi connectivity index (χ1v) is 9.13. The molecule has 6 nitrogen and oxygen atoms in total. The van der Waals surface area contributed by atoms with E-state index in [4.69, 9.17) is 27.0 Å². The maximum atomic E-state index is 13.1. The van der Waals surface area contributed by atoms with Gasteiger partial charge in [0, 0.05) is 12.6 Å². The Morgan fingerprint density at radius 3 is 2.54 bits per heavy atom. The third-order valence-corrected chi connectivity index (χ3v) is 4.63. The minimum Gasteiger partial charge on any atom is -0.494 e. The van der Waals surface area contributed by atoms with Gasteiger partial charge in [-0.1, -0.05) is 18.2 Å². The van der Waals surface area contributed by atoms with E-state index >= 15 is 0 Å². The number of carbonyl (C=O) groups is 1. The molecule has 0 bridgehead atoms. The number of hydrogen-bond acceptors (Lipinski definition) is 5. The fourth-order valence-corrected chi connectivity index (χ4v) is 3.12. The average molecular weight is 393 g/mol. The third-order valence-electron chi connectivity index (χ3n) is 4.17. The molecule has 0 radical (unpaired) electrons. The number of rotatable bonds is 6. The molecule has 7 heteroatoms. The van der Waals surface area contributed by atoms with E-state index in [1.165, 1.54) is 4.90 Å². The molecular weight excluding hydrogens is 374 g/mol. The molecule has 2 aromatic carbocycles. The van der Waals surface area contributed by atoms with Crippen LogP contribution in [-0.4, -0.2) is 36.2 Å². The molecule has 0 saturated carbocycles. The van der Waals surface area contributed by atoms with Crippen LogP contribution < -0.4 is 14.4 Å². The van der Waals surface area contributed by atoms with Crippen molar-refractivity contribution in [2.75, 3.05) is 25.2 Å². The molecule has 142 valence electrons. The quantitative estimate of drug-likeness (QED) is 0.552. The molecule has 1 fully saturated rings. The molecule has 1 aliphatic rings. The highest BCUT2D eigenvalue weighted by atomic mass is 32.1. The van der Waals surface area contributed by atoms with Crippen molar-refractivity contribution >= 4 is 35.0 Å². The van der Waals surface area contributed by atoms with E-state index in [9.17, 15) is 4.79 Å². The number of amides is 1. The van der Waals surface area contributed by atoms with Gasteiger partial charge in [-0.25, -0.2) is 0 Å². The Hall–Kier alpha value is -3.37. The molecule has 0 aromatic heterocycles. The van der Waals surface area contributed by atoms with E-state index in [1.54, 1.807) is 36.2 Å². The number of carbonyl (C=O) groups excluding carboxylic acids is 1. The standard InChI is InChI=1S/C21H19N3O3S/c1-3-26-17-10-8-16(9-11-17)24-20(25)18(23(2)21(24)28)14-15-6-4-5-7-19(15)27-13-12-22/h4-11,14H,3,13H2,1-2H3. The summed E-state index contributed by atoms with van der Waals surface area (Å²) in [7, 11) is 1.75. The Kier molecular flexibility index (Phi) is 5.92. The summed E-state index contributed by atoms with van der Waals surface area (Å²) in [5, 5.41) is 9.14. The van der Waals surface area contributed by atoms with Crippen molar-refractivity contribution in [3.8, 4) is 17.6 Å². The fraction of sp³-hybridized carbons (Fsp3) is 0.190. The first-order valence-electron chi connectivity index (χ1n) is 8.72. The van der Waals surface area contributed by atoms with Gasteiger partial charge in [0.1, 0.15) is 23.3 Å². The Bertz CT molecular complexity index is 964. The molecule has 1 aliphatic heterocycles. The average Bonchev–Trinajstić information content (AvgIpc) is 2.91. The second-order valence-electron chi connectivity index (χ2n) is 5.92. The van der Waals surface area contributed by atoms with Crippen LogP contribution >= 0.6 is 12.2 Å². The molecule has 0 spiro atoms. The first-order chi connectivity index (χ1) is 13.6. The monoisotopic (exact) mass is 393 g/mol. The normalized spacial score (nSPS) is 15.1. The highest BCUT2D eigenvalue weighted by Crippen LogP contribution is 2.30. The predicted molar refractivity (Wildman–Crippen MR) is 111 cm³/mol. The molecular formula is C21H19N3O3S. The minimum atomic E-state index is -0.230. The van der Waals surface area contributed by atoms with Crippen LogP contribution in [0.3, 0.4) is 0 Å². The predicted octanol–water partition coefficient (Wildman–Crippen LogP) is 3.59. The molecule has 0 atom stereocenters. The van der Waals surface area contributed by atoms with E-state index in [1.807, 2.05) is 43.3 Å². The van der Waals surface area contributed by atoms with Gasteiger partial charge >= 0.3 is 0 Å². The highest BCUT2D eigenvalue weighted by Gasteiger charge is 2.36. The summed E-state index contributed by atoms with van der Waals surface area (Å²) in [5.41, 5.74) is 1.79. The topological polar surface area (TPSA) is 65.8 Å². The Labute approximate surface area is 169 Å². The van der Waals surface area contributed by atoms with Gasteiger partial charge in [0.05, 0.1) is 12.3 Å². The van der Waals surface area contributed by atoms with E-state index in [-0.39, 0.29) is 12.5 Å². The molecule has 0 unspecified atom stereocenters. The van der Waals surface area contributed by atoms with Crippen LogP contribution in [0.4, 0.5) is 5.69 Å². The molecule has 1 amide bonds. The minimum absolute atomic E-state index is 0.0688. The summed E-state index contributed by atoms with van der Waals surface area (Å²) in [4.78, 5) is 16.2. The number of anilines is 1. The van der Waals surface area contributed by atoms with Crippen LogP contribution in [0, 0.1) is 11.3 Å². The number of hydrogen-bond donors (Lipinski definition) is 0. The molecule has 28 heavy (non-hydrogen) atoms. The van der Waals surface area contributed by atoms with Crippen molar-refractivity contribution in [3.63, 3.8) is 0 Å². The van der Waals surface area contributed by atoms with Crippen LogP contribution in [0.25, 0.3) is 6.08 Å². The van der Waals surface area contributed by atoms with Gasteiger partial charge in [0.15, 0.2) is 11.7 Å². The summed E-state index contributed by atoms with van der Waals surface area (Å²) in [6.07, 6.45) is 1.72. The fourth-order valence-electron chi connectivity index (χ4n) is 2.83. The van der Waals surface area contributed by atoms with Crippen molar-refractivity contribution in [1.29, 1.82) is 5.26 Å². The summed E-state index contributed by atoms with van der Waals surface area (Å²) in [6.45, 7) is 2.42. The van der Waals surface area contributed by atoms with Crippen LogP contribution in [0.1, 0.15) is 12.5 Å². The number of ether oxygens (including phenoxy) is 2. The second kappa shape index (κ2) is 8.55. The number of thiocarbonyl (C=S) groups is 1. The molecule has 0 N–H and O–H groups in total. The van der Waals surface area contributed by atoms with Crippen molar-refractivity contribution < 1.29 is 14.3 Å². The van der Waals surface area contributed by atoms with Gasteiger partial charge < -0.3 is 14.4 Å². The Morgan fingerprint density at radius 1 is 1.14 bits per heavy atom. The molecule has 1 saturated heterocycles. The summed E-state index contributed by atoms with van der Waals surface area (Å²) >= 11 is 5.49. The van der Waals surface area contributed by atoms with Gasteiger partial charge in [0.2, 0.25) is 0 Å². The number of benzene rings is 2. The number of likely N-dealkylation sites (N-methyl/N-ethyl adjacent to an activating group) is 1. The van der Waals surface area contributed by atoms with E-state index in [2.05, 4.69) is 0 Å². The number of nitrogens with zero attached hydrogens (tertiary/aromatic N) is 3. The SMILES string of the molecule is CCOc1ccc(N2C(=O)C(=Cc3ccccc3OCC#N)N(C)C2=S)cc1. The zero-order valence-corrected chi connectivity index (χ0v) is 16.4. The van der Waals surface area contributed by atoms with Crippen molar-refractivity contribution in [1.82, 2.24) is 4.90 Å². The third kappa shape index (κ3) is 3.82. The smallest absolute Gasteiger partial charge is 0.281 e. The second-order valence-corrected chi connectivity index (χ2v) is 6.29. The van der Waals surface area contributed by atoms with Gasteiger partial charge in [-0.3, -0.25) is 9.69 Å². The zero-order valence-electron chi connectivity index (χ0n) is 15.6. The van der Waals surface area contributed by atoms with Crippen molar-refractivity contribution in [2.45, 2.75) is 6.92 Å². The van der Waals surface area contributed by atoms with Gasteiger partial charge in [-0.15, -0.1) is 0 Å². The van der Waals surface area contributed by atoms with Crippen LogP contribution in [0.2, 0.25) is 0 Å². The van der Waals surface area contributed by atoms with Gasteiger partial charge in [0.25, 0.3) is 5.91 Å². The maximum absolute atomic E-state index is 13.1. The Balaban J connectivity index is 1.92. The number of nitriles is 1. The lowest BCUT2D eigenvalue weighted by Gasteiger charge is -2.16. The van der Waals surface area contributed by atoms with Crippen molar-refractivity contribution in [3.05, 3.63) is 59.8 Å². The summed E-state index contributed by atoms with van der Waals surface area (Å²) < 4.78 is 10.9. The van der Waals surface area contributed by atoms with Crippen molar-refractivity contribution in [2.24, 2.45) is 0 Å². The molecule has 3 rings (SSSR count). The summed E-state index contributed by atoms with van der Waals surface area (Å²) in [6, 6.07) is 16.4. The lowest BCUT2D eigenvalue weighted by molar-refractivity contribution is -0.114. The van der Waals surface area contributed by atoms with Crippen LogP contribution in [0.5, 0.6) is 11.5 Å². The number of para-hydroxylation sites is 1. The molecule has 1 heterocycles. The van der Waals surface area contributed by atoms with E-state index < -0.39 is 0 Å². The van der Waals surface area contributed by atoms with E-state index in [0.29, 0.717) is 34.4 Å². The maximum Gasteiger partial charge on any atom is 0.281 e. The van der Waals surface area contributed by atoms with Gasteiger partial charge in [-0.2, -0.15) is 5.26 Å². The lowest BCUT2D eigenvalue weighted by Crippen LogP contribution is -2.31. The summed E-state index contributed by atoms with van der Waals surface area (Å²) in [5.74, 6) is 1.03. The van der Waals surface area contributed by atoms with Crippen LogP contribution in [-0.2, 0) is 4.79 Å². The van der Waals surface area contributed by atoms with Crippen LogP contribution in [0.15, 0.2) is 54.2 Å². The largest absolute Gasteiger partial charge is 0.494 e. The highest BCUT2D eigenvalue weighted by molar-refractivity contribution is 7.80. The van der Waals surface area contributed by atoms with Gasteiger partial charge in [-0.05, 0) is 55.5 Å². The lowest BCUT2D eigenvalue weighted by atomic mass is 10.1. The molecule has 0 aliphatic carbocycles. The Morgan fingerprint density at radius 2 is 1.86 bits per heavy atom.